The van der Waals surface area contributed by atoms with Crippen LogP contribution in [0.4, 0.5) is 0 Å². The first kappa shape index (κ1) is 12.0. The fraction of sp³-hybridized carbons (Fsp3) is 0.600. The van der Waals surface area contributed by atoms with E-state index in [2.05, 4.69) is 13.8 Å². The van der Waals surface area contributed by atoms with E-state index in [9.17, 15) is 10.2 Å². The summed E-state index contributed by atoms with van der Waals surface area (Å²) in [5.41, 5.74) is 5.71. The molecule has 1 aliphatic carbocycles. The number of phenols is 1. The number of aliphatic hydroxyl groups excluding tert-OH is 1. The highest BCUT2D eigenvalue weighted by atomic mass is 16.5. The number of phenolic OH excluding ortho intramolecular Hbond substituents is 1. The van der Waals surface area contributed by atoms with Crippen molar-refractivity contribution < 1.29 is 14.9 Å². The van der Waals surface area contributed by atoms with Crippen LogP contribution >= 0.6 is 0 Å². The van der Waals surface area contributed by atoms with Gasteiger partial charge in [0.2, 0.25) is 0 Å². The van der Waals surface area contributed by atoms with E-state index < -0.39 is 0 Å². The highest BCUT2D eigenvalue weighted by molar-refractivity contribution is 5.57. The van der Waals surface area contributed by atoms with Gasteiger partial charge in [-0.1, -0.05) is 6.92 Å². The summed E-state index contributed by atoms with van der Waals surface area (Å²) in [6, 6.07) is 0. The smallest absolute Gasteiger partial charge is 0.124 e. The van der Waals surface area contributed by atoms with Crippen molar-refractivity contribution in [3.05, 3.63) is 27.8 Å². The minimum Gasteiger partial charge on any atom is -0.507 e. The molecule has 0 amide bonds. The first-order valence-electron chi connectivity index (χ1n) is 6.59. The summed E-state index contributed by atoms with van der Waals surface area (Å²) in [7, 11) is 0. The lowest BCUT2D eigenvalue weighted by Gasteiger charge is -2.23. The predicted octanol–water partition coefficient (Wildman–Crippen LogP) is 1.87. The number of rotatable bonds is 1. The van der Waals surface area contributed by atoms with Gasteiger partial charge in [0.25, 0.3) is 0 Å². The molecule has 2 N–H and O–H groups in total. The third-order valence-corrected chi connectivity index (χ3v) is 4.54. The van der Waals surface area contributed by atoms with E-state index in [4.69, 9.17) is 4.74 Å². The summed E-state index contributed by atoms with van der Waals surface area (Å²) in [6.07, 6.45) is 2.52. The highest BCUT2D eigenvalue weighted by Crippen LogP contribution is 2.46. The molecule has 18 heavy (non-hydrogen) atoms. The second-order valence-electron chi connectivity index (χ2n) is 6.01. The Kier molecular flexibility index (Phi) is 2.65. The van der Waals surface area contributed by atoms with Gasteiger partial charge < -0.3 is 14.9 Å². The molecule has 0 saturated heterocycles. The lowest BCUT2D eigenvalue weighted by Crippen LogP contribution is -2.21. The Hall–Kier alpha value is -1.06. The molecule has 1 unspecified atom stereocenters. The van der Waals surface area contributed by atoms with Crippen molar-refractivity contribution in [1.82, 2.24) is 0 Å². The number of benzene rings is 1. The van der Waals surface area contributed by atoms with Crippen molar-refractivity contribution >= 4 is 0 Å². The summed E-state index contributed by atoms with van der Waals surface area (Å²) in [4.78, 5) is 0. The summed E-state index contributed by atoms with van der Waals surface area (Å²) >= 11 is 0. The molecule has 0 saturated carbocycles. The molecule has 3 nitrogen and oxygen atoms in total. The van der Waals surface area contributed by atoms with Crippen molar-refractivity contribution in [2.24, 2.45) is 5.41 Å². The minimum atomic E-state index is -0.116. The molecule has 0 spiro atoms. The number of aliphatic hydroxyl groups is 1. The Morgan fingerprint density at radius 2 is 1.89 bits per heavy atom. The summed E-state index contributed by atoms with van der Waals surface area (Å²) in [6.45, 7) is 5.66. The van der Waals surface area contributed by atoms with Crippen LogP contribution < -0.4 is 0 Å². The molecule has 1 aliphatic heterocycles. The van der Waals surface area contributed by atoms with Crippen LogP contribution in [0.15, 0.2) is 0 Å². The Bertz CT molecular complexity index is 464. The molecule has 1 atom stereocenters. The SMILES string of the molecule is Cc1c2c(c(O)c3c1CC(C)(CO)C3)COCC2. The Balaban J connectivity index is 2.17. The van der Waals surface area contributed by atoms with Gasteiger partial charge in [0.15, 0.2) is 0 Å². The Morgan fingerprint density at radius 3 is 2.61 bits per heavy atom. The van der Waals surface area contributed by atoms with E-state index in [1.807, 2.05) is 0 Å². The van der Waals surface area contributed by atoms with Crippen LogP contribution in [-0.4, -0.2) is 23.4 Å². The van der Waals surface area contributed by atoms with E-state index in [1.165, 1.54) is 16.7 Å². The number of hydrogen-bond acceptors (Lipinski definition) is 3. The standard InChI is InChI=1S/C15H20O3/c1-9-10-3-4-18-7-13(10)14(17)12-6-15(2,8-16)5-11(9)12/h16-17H,3-8H2,1-2H3. The van der Waals surface area contributed by atoms with Crippen molar-refractivity contribution in [1.29, 1.82) is 0 Å². The fourth-order valence-corrected chi connectivity index (χ4v) is 3.40. The lowest BCUT2D eigenvalue weighted by atomic mass is 9.88. The molecule has 1 heterocycles. The first-order valence-corrected chi connectivity index (χ1v) is 6.59. The van der Waals surface area contributed by atoms with Gasteiger partial charge >= 0.3 is 0 Å². The molecular formula is C15H20O3. The maximum atomic E-state index is 10.4. The van der Waals surface area contributed by atoms with Crippen LogP contribution in [0.25, 0.3) is 0 Å². The van der Waals surface area contributed by atoms with Crippen LogP contribution in [-0.2, 0) is 30.6 Å². The quantitative estimate of drug-likeness (QED) is 0.797. The topological polar surface area (TPSA) is 49.7 Å². The van der Waals surface area contributed by atoms with Crippen LogP contribution in [0.3, 0.4) is 0 Å². The normalized spacial score (nSPS) is 25.9. The van der Waals surface area contributed by atoms with Gasteiger partial charge in [0, 0.05) is 12.2 Å². The number of aromatic hydroxyl groups is 1. The molecule has 1 aromatic rings. The second-order valence-corrected chi connectivity index (χ2v) is 6.01. The molecule has 2 aliphatic rings. The van der Waals surface area contributed by atoms with Crippen molar-refractivity contribution in [2.75, 3.05) is 13.2 Å². The highest BCUT2D eigenvalue weighted by Gasteiger charge is 2.37. The van der Waals surface area contributed by atoms with Gasteiger partial charge in [-0.15, -0.1) is 0 Å². The van der Waals surface area contributed by atoms with Gasteiger partial charge in [-0.05, 0) is 53.9 Å². The molecule has 3 rings (SSSR count). The van der Waals surface area contributed by atoms with Gasteiger partial charge in [-0.3, -0.25) is 0 Å². The molecule has 3 heteroatoms. The Labute approximate surface area is 107 Å². The van der Waals surface area contributed by atoms with E-state index in [-0.39, 0.29) is 12.0 Å². The van der Waals surface area contributed by atoms with E-state index in [0.717, 1.165) is 37.0 Å². The molecule has 0 fully saturated rings. The first-order chi connectivity index (χ1) is 8.56. The Morgan fingerprint density at radius 1 is 1.17 bits per heavy atom. The number of fused-ring (bicyclic) bond motifs is 2. The zero-order chi connectivity index (χ0) is 12.9. The van der Waals surface area contributed by atoms with Crippen molar-refractivity contribution in [2.45, 2.75) is 39.7 Å². The van der Waals surface area contributed by atoms with Gasteiger partial charge in [-0.25, -0.2) is 0 Å². The average molecular weight is 248 g/mol. The number of hydrogen-bond donors (Lipinski definition) is 2. The van der Waals surface area contributed by atoms with Crippen LogP contribution in [0.2, 0.25) is 0 Å². The predicted molar refractivity (Wildman–Crippen MR) is 68.8 cm³/mol. The summed E-state index contributed by atoms with van der Waals surface area (Å²) in [5, 5.41) is 20.0. The van der Waals surface area contributed by atoms with E-state index in [1.54, 1.807) is 0 Å². The maximum Gasteiger partial charge on any atom is 0.124 e. The van der Waals surface area contributed by atoms with Crippen LogP contribution in [0, 0.1) is 12.3 Å². The van der Waals surface area contributed by atoms with Gasteiger partial charge in [0.1, 0.15) is 5.75 Å². The van der Waals surface area contributed by atoms with Gasteiger partial charge in [-0.2, -0.15) is 0 Å². The molecular weight excluding hydrogens is 228 g/mol. The van der Waals surface area contributed by atoms with Gasteiger partial charge in [0.05, 0.1) is 13.2 Å². The van der Waals surface area contributed by atoms with E-state index in [0.29, 0.717) is 12.4 Å². The van der Waals surface area contributed by atoms with Crippen LogP contribution in [0.5, 0.6) is 5.75 Å². The van der Waals surface area contributed by atoms with Crippen LogP contribution in [0.1, 0.15) is 34.7 Å². The minimum absolute atomic E-state index is 0.116. The number of ether oxygens (including phenoxy) is 1. The molecule has 0 aromatic heterocycles. The summed E-state index contributed by atoms with van der Waals surface area (Å²) in [5.74, 6) is 0.419. The third kappa shape index (κ3) is 1.57. The zero-order valence-corrected chi connectivity index (χ0v) is 11.0. The average Bonchev–Trinajstić information content (AvgIpc) is 2.75. The van der Waals surface area contributed by atoms with E-state index >= 15 is 0 Å². The van der Waals surface area contributed by atoms with Crippen molar-refractivity contribution in [3.63, 3.8) is 0 Å². The van der Waals surface area contributed by atoms with Crippen molar-refractivity contribution in [3.8, 4) is 5.75 Å². The largest absolute Gasteiger partial charge is 0.507 e. The summed E-state index contributed by atoms with van der Waals surface area (Å²) < 4.78 is 5.46. The molecule has 0 bridgehead atoms. The fourth-order valence-electron chi connectivity index (χ4n) is 3.40. The molecule has 1 aromatic carbocycles. The lowest BCUT2D eigenvalue weighted by molar-refractivity contribution is 0.108. The zero-order valence-electron chi connectivity index (χ0n) is 11.0. The third-order valence-electron chi connectivity index (χ3n) is 4.54. The monoisotopic (exact) mass is 248 g/mol. The molecule has 98 valence electrons. The molecule has 0 radical (unpaired) electrons. The maximum absolute atomic E-state index is 10.4. The second kappa shape index (κ2) is 3.97.